The van der Waals surface area contributed by atoms with Crippen LogP contribution >= 0.6 is 0 Å². The van der Waals surface area contributed by atoms with Crippen molar-refractivity contribution in [2.45, 2.75) is 54.8 Å². The first-order chi connectivity index (χ1) is 18.9. The number of alkyl halides is 6. The first-order valence-electron chi connectivity index (χ1n) is 12.0. The number of halogens is 6. The summed E-state index contributed by atoms with van der Waals surface area (Å²) in [6.07, 6.45) is -10.4. The molecular weight excluding hydrogens is 570 g/mol. The summed E-state index contributed by atoms with van der Waals surface area (Å²) in [5.74, 6) is -6.61. The van der Waals surface area contributed by atoms with E-state index in [1.807, 2.05) is 5.32 Å². The van der Waals surface area contributed by atoms with Gasteiger partial charge in [-0.1, -0.05) is 0 Å². The predicted octanol–water partition coefficient (Wildman–Crippen LogP) is -1.35. The van der Waals surface area contributed by atoms with Gasteiger partial charge in [-0.25, -0.2) is 9.98 Å². The molecular formula is C22H22F6N8O5. The summed E-state index contributed by atoms with van der Waals surface area (Å²) >= 11 is 0. The maximum absolute atomic E-state index is 13.6. The average molecular weight is 592 g/mol. The summed E-state index contributed by atoms with van der Waals surface area (Å²) in [6.45, 7) is -0.988. The lowest BCUT2D eigenvalue weighted by molar-refractivity contribution is -0.230. The van der Waals surface area contributed by atoms with Crippen LogP contribution in [0.4, 0.5) is 26.3 Å². The van der Waals surface area contributed by atoms with E-state index >= 15 is 0 Å². The van der Waals surface area contributed by atoms with Crippen molar-refractivity contribution in [2.75, 3.05) is 13.1 Å². The monoisotopic (exact) mass is 592 g/mol. The fraction of sp³-hybridized carbons (Fsp3) is 0.500. The third-order valence-corrected chi connectivity index (χ3v) is 7.53. The number of imide groups is 1. The highest BCUT2D eigenvalue weighted by molar-refractivity contribution is 6.02. The third-order valence-electron chi connectivity index (χ3n) is 7.53. The average Bonchev–Trinajstić information content (AvgIpc) is 3.45. The molecule has 222 valence electrons. The van der Waals surface area contributed by atoms with Gasteiger partial charge >= 0.3 is 12.4 Å². The molecule has 8 N–H and O–H groups in total. The maximum atomic E-state index is 13.6. The summed E-state index contributed by atoms with van der Waals surface area (Å²) < 4.78 is 80.5. The Kier molecular flexibility index (Phi) is 6.19. The molecule has 1 aromatic carbocycles. The number of benzene rings is 1. The van der Waals surface area contributed by atoms with Gasteiger partial charge in [0.25, 0.3) is 5.91 Å². The molecule has 13 nitrogen and oxygen atoms in total. The minimum Gasteiger partial charge on any atom is -0.370 e. The second-order valence-electron chi connectivity index (χ2n) is 9.92. The van der Waals surface area contributed by atoms with E-state index < -0.39 is 82.9 Å². The van der Waals surface area contributed by atoms with Gasteiger partial charge in [-0.2, -0.15) is 26.3 Å². The Hall–Kier alpha value is -4.13. The first-order valence-corrected chi connectivity index (χ1v) is 12.0. The van der Waals surface area contributed by atoms with Crippen molar-refractivity contribution < 1.29 is 50.9 Å². The van der Waals surface area contributed by atoms with E-state index in [1.54, 1.807) is 0 Å². The molecule has 1 spiro atoms. The van der Waals surface area contributed by atoms with Crippen LogP contribution in [0.25, 0.3) is 0 Å². The predicted molar refractivity (Wildman–Crippen MR) is 124 cm³/mol. The molecule has 41 heavy (non-hydrogen) atoms. The molecule has 4 heterocycles. The molecule has 3 amide bonds. The molecule has 0 bridgehead atoms. The second-order valence-corrected chi connectivity index (χ2v) is 9.92. The molecule has 0 radical (unpaired) electrons. The van der Waals surface area contributed by atoms with E-state index in [-0.39, 0.29) is 49.5 Å². The number of rotatable bonds is 4. The largest absolute Gasteiger partial charge is 0.417 e. The lowest BCUT2D eigenvalue weighted by Crippen LogP contribution is -2.78. The number of carbonyl (C=O) groups is 3. The van der Waals surface area contributed by atoms with Crippen molar-refractivity contribution in [3.8, 4) is 0 Å². The molecule has 0 saturated carbocycles. The number of amides is 3. The Labute approximate surface area is 225 Å². The van der Waals surface area contributed by atoms with Crippen molar-refractivity contribution in [3.05, 3.63) is 34.9 Å². The van der Waals surface area contributed by atoms with Crippen LogP contribution in [0.2, 0.25) is 0 Å². The molecule has 19 heteroatoms. The minimum absolute atomic E-state index is 0.00278. The first kappa shape index (κ1) is 28.4. The van der Waals surface area contributed by atoms with Crippen LogP contribution in [-0.4, -0.2) is 92.3 Å². The highest BCUT2D eigenvalue weighted by Crippen LogP contribution is 2.45. The normalized spacial score (nSPS) is 29.1. The molecule has 4 aliphatic heterocycles. The van der Waals surface area contributed by atoms with Crippen molar-refractivity contribution in [1.82, 2.24) is 20.4 Å². The Balaban J connectivity index is 1.49. The Bertz CT molecular complexity index is 1380. The van der Waals surface area contributed by atoms with E-state index in [0.717, 1.165) is 9.80 Å². The molecule has 2 fully saturated rings. The van der Waals surface area contributed by atoms with Crippen molar-refractivity contribution in [1.29, 1.82) is 0 Å². The van der Waals surface area contributed by atoms with E-state index in [2.05, 4.69) is 15.3 Å². The Morgan fingerprint density at radius 3 is 2.29 bits per heavy atom. The van der Waals surface area contributed by atoms with Gasteiger partial charge in [-0.05, 0) is 18.2 Å². The fourth-order valence-corrected chi connectivity index (χ4v) is 5.64. The molecule has 2 saturated heterocycles. The lowest BCUT2D eigenvalue weighted by atomic mass is 9.84. The maximum Gasteiger partial charge on any atom is 0.417 e. The SMILES string of the molecule is NC1=N[C@H]2C(CN3C(=O)CCC3=O)N=C(N)N3CC(NC(=O)c4cc(C(F)(F)F)ccc4C(F)(F)F)C(O)(O)[C@]23N1. The summed E-state index contributed by atoms with van der Waals surface area (Å²) in [5, 5.41) is 27.3. The molecule has 0 aliphatic carbocycles. The van der Waals surface area contributed by atoms with Gasteiger partial charge in [0.05, 0.1) is 29.3 Å². The van der Waals surface area contributed by atoms with Gasteiger partial charge in [0.2, 0.25) is 17.6 Å². The number of carbonyl (C=O) groups excluding carboxylic acids is 3. The highest BCUT2D eigenvalue weighted by Gasteiger charge is 2.73. The fourth-order valence-electron chi connectivity index (χ4n) is 5.64. The Morgan fingerprint density at radius 1 is 1.07 bits per heavy atom. The van der Waals surface area contributed by atoms with Crippen molar-refractivity contribution in [3.63, 3.8) is 0 Å². The zero-order chi connectivity index (χ0) is 30.3. The third kappa shape index (κ3) is 4.30. The number of aliphatic hydroxyl groups is 2. The molecule has 4 aliphatic rings. The number of nitrogens with two attached hydrogens (primary N) is 2. The number of likely N-dealkylation sites (tertiary alicyclic amines) is 1. The topological polar surface area (TPSA) is 199 Å². The van der Waals surface area contributed by atoms with Crippen LogP contribution < -0.4 is 22.1 Å². The van der Waals surface area contributed by atoms with Crippen molar-refractivity contribution in [2.24, 2.45) is 21.5 Å². The molecule has 0 aromatic heterocycles. The lowest BCUT2D eigenvalue weighted by Gasteiger charge is -2.49. The second kappa shape index (κ2) is 8.93. The summed E-state index contributed by atoms with van der Waals surface area (Å²) in [7, 11) is 0. The number of guanidine groups is 2. The standard InChI is InChI=1S/C22H22F6N8O5/c23-21(24,25)8-1-2-10(22(26,27)28)9(5-8)16(39)32-12-7-36-18(30)31-11(6-35-13(37)3-4-14(35)38)15-19(36,20(12,40)41)34-17(29)33-15/h1-2,5,11-12,15,40-41H,3-4,6-7H2,(H2,30,31)(H,32,39)(H3,29,33,34)/t11?,12?,15-,19-/m0/s1. The summed E-state index contributed by atoms with van der Waals surface area (Å²) in [4.78, 5) is 47.6. The number of hydrogen-bond donors (Lipinski definition) is 6. The Morgan fingerprint density at radius 2 is 1.71 bits per heavy atom. The minimum atomic E-state index is -5.23. The zero-order valence-electron chi connectivity index (χ0n) is 20.6. The van der Waals surface area contributed by atoms with Crippen molar-refractivity contribution >= 4 is 29.6 Å². The van der Waals surface area contributed by atoms with Crippen LogP contribution in [0.3, 0.4) is 0 Å². The van der Waals surface area contributed by atoms with E-state index in [9.17, 15) is 50.9 Å². The van der Waals surface area contributed by atoms with Gasteiger partial charge < -0.3 is 37.2 Å². The van der Waals surface area contributed by atoms with Crippen LogP contribution in [0, 0.1) is 0 Å². The van der Waals surface area contributed by atoms with Gasteiger partial charge in [0.15, 0.2) is 17.6 Å². The van der Waals surface area contributed by atoms with E-state index in [1.165, 1.54) is 0 Å². The molecule has 4 atom stereocenters. The van der Waals surface area contributed by atoms with Gasteiger partial charge in [-0.15, -0.1) is 0 Å². The van der Waals surface area contributed by atoms with E-state index in [0.29, 0.717) is 0 Å². The number of nitrogens with one attached hydrogen (secondary N) is 2. The number of hydrogen-bond acceptors (Lipinski definition) is 11. The molecule has 1 aromatic rings. The smallest absolute Gasteiger partial charge is 0.370 e. The molecule has 5 rings (SSSR count). The van der Waals surface area contributed by atoms with Crippen LogP contribution in [0.15, 0.2) is 28.2 Å². The summed E-state index contributed by atoms with van der Waals surface area (Å²) in [5.41, 5.74) is 5.06. The van der Waals surface area contributed by atoms with Crippen LogP contribution in [-0.2, 0) is 21.9 Å². The van der Waals surface area contributed by atoms with Crippen LogP contribution in [0.5, 0.6) is 0 Å². The van der Waals surface area contributed by atoms with Gasteiger partial charge in [0.1, 0.15) is 12.1 Å². The highest BCUT2D eigenvalue weighted by atomic mass is 19.4. The molecule has 2 unspecified atom stereocenters. The number of nitrogens with zero attached hydrogens (tertiary/aromatic N) is 4. The quantitative estimate of drug-likeness (QED) is 0.139. The summed E-state index contributed by atoms with van der Waals surface area (Å²) in [6, 6.07) is -4.14. The zero-order valence-corrected chi connectivity index (χ0v) is 20.6. The van der Waals surface area contributed by atoms with E-state index in [4.69, 9.17) is 11.5 Å². The van der Waals surface area contributed by atoms with Gasteiger partial charge in [0, 0.05) is 19.4 Å². The van der Waals surface area contributed by atoms with Gasteiger partial charge in [-0.3, -0.25) is 19.3 Å². The number of aliphatic imine (C=N–C) groups is 2. The van der Waals surface area contributed by atoms with Crippen LogP contribution in [0.1, 0.15) is 34.3 Å².